The maximum Gasteiger partial charge on any atom is 0.235 e. The van der Waals surface area contributed by atoms with Gasteiger partial charge in [-0.2, -0.15) is 5.26 Å². The van der Waals surface area contributed by atoms with Crippen molar-refractivity contribution in [1.82, 2.24) is 15.0 Å². The molecule has 0 fully saturated rings. The fraction of sp³-hybridized carbons (Fsp3) is 0.235. The SMILES string of the molecule is CCc1nc(-c2c[nH]c3c(C#N)cccc23)cnc1OCCN. The van der Waals surface area contributed by atoms with Crippen LogP contribution in [0.4, 0.5) is 0 Å². The Balaban J connectivity index is 2.07. The first kappa shape index (κ1) is 15.0. The number of nitrogens with two attached hydrogens (primary N) is 1. The predicted molar refractivity (Wildman–Crippen MR) is 88.0 cm³/mol. The molecule has 0 unspecified atom stereocenters. The van der Waals surface area contributed by atoms with Crippen LogP contribution in [-0.2, 0) is 6.42 Å². The molecule has 0 saturated carbocycles. The second-order valence-electron chi connectivity index (χ2n) is 5.04. The minimum atomic E-state index is 0.416. The summed E-state index contributed by atoms with van der Waals surface area (Å²) in [7, 11) is 0. The van der Waals surface area contributed by atoms with Crippen LogP contribution in [0.25, 0.3) is 22.2 Å². The first-order valence-electron chi connectivity index (χ1n) is 7.47. The van der Waals surface area contributed by atoms with Crippen LogP contribution in [0, 0.1) is 11.3 Å². The summed E-state index contributed by atoms with van der Waals surface area (Å²) in [6, 6.07) is 7.81. The molecule has 6 heteroatoms. The van der Waals surface area contributed by atoms with Gasteiger partial charge >= 0.3 is 0 Å². The third kappa shape index (κ3) is 2.74. The number of benzene rings is 1. The van der Waals surface area contributed by atoms with E-state index in [1.807, 2.05) is 25.3 Å². The average molecular weight is 307 g/mol. The maximum absolute atomic E-state index is 9.19. The van der Waals surface area contributed by atoms with Crippen LogP contribution in [0.5, 0.6) is 5.88 Å². The Bertz CT molecular complexity index is 878. The summed E-state index contributed by atoms with van der Waals surface area (Å²) in [4.78, 5) is 12.2. The molecular formula is C17H17N5O. The number of aromatic nitrogens is 3. The lowest BCUT2D eigenvalue weighted by Crippen LogP contribution is -2.13. The molecule has 116 valence electrons. The van der Waals surface area contributed by atoms with Crippen molar-refractivity contribution in [1.29, 1.82) is 5.26 Å². The predicted octanol–water partition coefficient (Wildman–Crippen LogP) is 2.40. The fourth-order valence-corrected chi connectivity index (χ4v) is 2.51. The number of fused-ring (bicyclic) bond motifs is 1. The van der Waals surface area contributed by atoms with Crippen molar-refractivity contribution >= 4 is 10.9 Å². The Labute approximate surface area is 133 Å². The van der Waals surface area contributed by atoms with Crippen molar-refractivity contribution in [2.75, 3.05) is 13.2 Å². The van der Waals surface area contributed by atoms with Gasteiger partial charge < -0.3 is 15.5 Å². The zero-order valence-corrected chi connectivity index (χ0v) is 12.8. The van der Waals surface area contributed by atoms with E-state index in [0.29, 0.717) is 31.0 Å². The summed E-state index contributed by atoms with van der Waals surface area (Å²) < 4.78 is 5.52. The van der Waals surface area contributed by atoms with Crippen molar-refractivity contribution in [3.63, 3.8) is 0 Å². The lowest BCUT2D eigenvalue weighted by Gasteiger charge is -2.09. The lowest BCUT2D eigenvalue weighted by molar-refractivity contribution is 0.310. The molecule has 0 bridgehead atoms. The highest BCUT2D eigenvalue weighted by Gasteiger charge is 2.13. The zero-order chi connectivity index (χ0) is 16.2. The number of aromatic amines is 1. The molecule has 0 aliphatic rings. The Morgan fingerprint density at radius 1 is 1.39 bits per heavy atom. The van der Waals surface area contributed by atoms with Gasteiger partial charge in [-0.1, -0.05) is 19.1 Å². The van der Waals surface area contributed by atoms with Gasteiger partial charge in [0.25, 0.3) is 0 Å². The summed E-state index contributed by atoms with van der Waals surface area (Å²) in [5.74, 6) is 0.527. The number of nitriles is 1. The largest absolute Gasteiger partial charge is 0.475 e. The van der Waals surface area contributed by atoms with E-state index >= 15 is 0 Å². The Morgan fingerprint density at radius 3 is 3.00 bits per heavy atom. The number of para-hydroxylation sites is 1. The Morgan fingerprint density at radius 2 is 2.26 bits per heavy atom. The van der Waals surface area contributed by atoms with E-state index in [4.69, 9.17) is 10.5 Å². The highest BCUT2D eigenvalue weighted by molar-refractivity contribution is 5.97. The summed E-state index contributed by atoms with van der Waals surface area (Å²) in [5, 5.41) is 10.1. The van der Waals surface area contributed by atoms with Gasteiger partial charge in [0.15, 0.2) is 0 Å². The van der Waals surface area contributed by atoms with Crippen molar-refractivity contribution < 1.29 is 4.74 Å². The molecule has 2 heterocycles. The second kappa shape index (κ2) is 6.46. The molecule has 3 rings (SSSR count). The number of nitrogens with zero attached hydrogens (tertiary/aromatic N) is 3. The third-order valence-corrected chi connectivity index (χ3v) is 3.61. The van der Waals surface area contributed by atoms with Crippen molar-refractivity contribution in [3.8, 4) is 23.2 Å². The van der Waals surface area contributed by atoms with Crippen LogP contribution in [-0.4, -0.2) is 28.1 Å². The van der Waals surface area contributed by atoms with Crippen LogP contribution in [0.2, 0.25) is 0 Å². The van der Waals surface area contributed by atoms with E-state index in [-0.39, 0.29) is 0 Å². The summed E-state index contributed by atoms with van der Waals surface area (Å²) in [6.45, 7) is 2.86. The molecule has 3 N–H and O–H groups in total. The lowest BCUT2D eigenvalue weighted by atomic mass is 10.1. The minimum Gasteiger partial charge on any atom is -0.475 e. The van der Waals surface area contributed by atoms with Gasteiger partial charge in [0.2, 0.25) is 5.88 Å². The highest BCUT2D eigenvalue weighted by Crippen LogP contribution is 2.30. The van der Waals surface area contributed by atoms with Gasteiger partial charge in [-0.15, -0.1) is 0 Å². The molecule has 0 aliphatic carbocycles. The monoisotopic (exact) mass is 307 g/mol. The molecule has 3 aromatic rings. The molecule has 6 nitrogen and oxygen atoms in total. The summed E-state index contributed by atoms with van der Waals surface area (Å²) in [5.41, 5.74) is 9.35. The maximum atomic E-state index is 9.19. The molecular weight excluding hydrogens is 290 g/mol. The van der Waals surface area contributed by atoms with Crippen molar-refractivity contribution in [2.24, 2.45) is 5.73 Å². The van der Waals surface area contributed by atoms with Crippen LogP contribution in [0.3, 0.4) is 0 Å². The summed E-state index contributed by atoms with van der Waals surface area (Å²) >= 11 is 0. The van der Waals surface area contributed by atoms with E-state index in [0.717, 1.165) is 27.9 Å². The quantitative estimate of drug-likeness (QED) is 0.753. The molecule has 2 aromatic heterocycles. The normalized spacial score (nSPS) is 10.7. The molecule has 1 aromatic carbocycles. The number of aryl methyl sites for hydroxylation is 1. The van der Waals surface area contributed by atoms with E-state index in [2.05, 4.69) is 21.0 Å². The Kier molecular flexibility index (Phi) is 4.22. The van der Waals surface area contributed by atoms with E-state index in [1.54, 1.807) is 12.3 Å². The molecule has 0 radical (unpaired) electrons. The van der Waals surface area contributed by atoms with E-state index in [1.165, 1.54) is 0 Å². The average Bonchev–Trinajstić information content (AvgIpc) is 3.03. The standard InChI is InChI=1S/C17H17N5O/c1-2-14-17(23-7-6-18)21-10-15(22-14)13-9-20-16-11(8-19)4-3-5-12(13)16/h3-5,9-10,20H,2,6-7,18H2,1H3. The van der Waals surface area contributed by atoms with Crippen LogP contribution < -0.4 is 10.5 Å². The van der Waals surface area contributed by atoms with Crippen LogP contribution in [0.15, 0.2) is 30.6 Å². The topological polar surface area (TPSA) is 101 Å². The molecule has 0 atom stereocenters. The van der Waals surface area contributed by atoms with Crippen LogP contribution >= 0.6 is 0 Å². The number of ether oxygens (including phenoxy) is 1. The fourth-order valence-electron chi connectivity index (χ4n) is 2.51. The van der Waals surface area contributed by atoms with Crippen molar-refractivity contribution in [3.05, 3.63) is 41.9 Å². The molecule has 0 amide bonds. The number of rotatable bonds is 5. The van der Waals surface area contributed by atoms with Gasteiger partial charge in [0.05, 0.1) is 23.0 Å². The Hall–Kier alpha value is -2.91. The first-order valence-corrected chi connectivity index (χ1v) is 7.47. The molecule has 0 aliphatic heterocycles. The van der Waals surface area contributed by atoms with E-state index < -0.39 is 0 Å². The number of H-pyrrole nitrogens is 1. The minimum absolute atomic E-state index is 0.416. The zero-order valence-electron chi connectivity index (χ0n) is 12.8. The smallest absolute Gasteiger partial charge is 0.235 e. The number of hydrogen-bond acceptors (Lipinski definition) is 5. The van der Waals surface area contributed by atoms with Gasteiger partial charge in [-0.3, -0.25) is 0 Å². The van der Waals surface area contributed by atoms with Gasteiger partial charge in [-0.25, -0.2) is 9.97 Å². The molecule has 23 heavy (non-hydrogen) atoms. The highest BCUT2D eigenvalue weighted by atomic mass is 16.5. The van der Waals surface area contributed by atoms with E-state index in [9.17, 15) is 5.26 Å². The molecule has 0 saturated heterocycles. The third-order valence-electron chi connectivity index (χ3n) is 3.61. The second-order valence-corrected chi connectivity index (χ2v) is 5.04. The summed E-state index contributed by atoms with van der Waals surface area (Å²) in [6.07, 6.45) is 4.26. The first-order chi connectivity index (χ1) is 11.3. The van der Waals surface area contributed by atoms with Gasteiger partial charge in [-0.05, 0) is 12.5 Å². The van der Waals surface area contributed by atoms with Crippen LogP contribution in [0.1, 0.15) is 18.2 Å². The van der Waals surface area contributed by atoms with Gasteiger partial charge in [0.1, 0.15) is 18.4 Å². The van der Waals surface area contributed by atoms with Crippen molar-refractivity contribution in [2.45, 2.75) is 13.3 Å². The number of nitrogens with one attached hydrogen (secondary N) is 1. The molecule has 0 spiro atoms. The number of hydrogen-bond donors (Lipinski definition) is 2. The van der Waals surface area contributed by atoms with Gasteiger partial charge in [0, 0.05) is 23.7 Å².